The summed E-state index contributed by atoms with van der Waals surface area (Å²) in [6.07, 6.45) is 0.927. The SMILES string of the molecule is CCC(C)C(=O)CN1CC(C)(C)OC(C)(C)C1. The first-order valence-corrected chi connectivity index (χ1v) is 6.60. The molecule has 3 heteroatoms. The fourth-order valence-electron chi connectivity index (χ4n) is 2.66. The van der Waals surface area contributed by atoms with Crippen LogP contribution >= 0.6 is 0 Å². The van der Waals surface area contributed by atoms with Gasteiger partial charge in [0.15, 0.2) is 0 Å². The zero-order chi connectivity index (χ0) is 13.3. The standard InChI is InChI=1S/C14H27NO2/c1-7-11(2)12(16)8-15-9-13(3,4)17-14(5,6)10-15/h11H,7-10H2,1-6H3. The highest BCUT2D eigenvalue weighted by Crippen LogP contribution is 2.28. The number of ketones is 1. The van der Waals surface area contributed by atoms with Crippen LogP contribution in [0.1, 0.15) is 48.0 Å². The van der Waals surface area contributed by atoms with Gasteiger partial charge in [-0.15, -0.1) is 0 Å². The van der Waals surface area contributed by atoms with Gasteiger partial charge in [-0.1, -0.05) is 13.8 Å². The Labute approximate surface area is 106 Å². The summed E-state index contributed by atoms with van der Waals surface area (Å²) in [4.78, 5) is 14.2. The van der Waals surface area contributed by atoms with Crippen molar-refractivity contribution in [1.29, 1.82) is 0 Å². The summed E-state index contributed by atoms with van der Waals surface area (Å²) in [5, 5.41) is 0. The summed E-state index contributed by atoms with van der Waals surface area (Å²) in [6.45, 7) is 14.7. The maximum Gasteiger partial charge on any atom is 0.149 e. The highest BCUT2D eigenvalue weighted by molar-refractivity contribution is 5.82. The molecular formula is C14H27NO2. The van der Waals surface area contributed by atoms with E-state index in [1.54, 1.807) is 0 Å². The van der Waals surface area contributed by atoms with Gasteiger partial charge in [0.2, 0.25) is 0 Å². The molecule has 1 aliphatic rings. The number of nitrogens with zero attached hydrogens (tertiary/aromatic N) is 1. The molecule has 100 valence electrons. The van der Waals surface area contributed by atoms with E-state index in [4.69, 9.17) is 4.74 Å². The van der Waals surface area contributed by atoms with E-state index in [-0.39, 0.29) is 17.1 Å². The maximum absolute atomic E-state index is 12.0. The molecule has 0 aromatic carbocycles. The van der Waals surface area contributed by atoms with Crippen molar-refractivity contribution in [2.24, 2.45) is 5.92 Å². The Balaban J connectivity index is 2.63. The van der Waals surface area contributed by atoms with Crippen LogP contribution in [0, 0.1) is 5.92 Å². The van der Waals surface area contributed by atoms with Gasteiger partial charge in [0.1, 0.15) is 5.78 Å². The van der Waals surface area contributed by atoms with Crippen molar-refractivity contribution in [2.45, 2.75) is 59.2 Å². The second-order valence-corrected chi connectivity index (χ2v) is 6.54. The molecular weight excluding hydrogens is 214 g/mol. The van der Waals surface area contributed by atoms with E-state index < -0.39 is 0 Å². The molecule has 1 rings (SSSR count). The third-order valence-corrected chi connectivity index (χ3v) is 3.30. The van der Waals surface area contributed by atoms with Gasteiger partial charge in [0.05, 0.1) is 17.7 Å². The van der Waals surface area contributed by atoms with E-state index in [0.717, 1.165) is 19.5 Å². The van der Waals surface area contributed by atoms with E-state index in [2.05, 4.69) is 39.5 Å². The Hall–Kier alpha value is -0.410. The van der Waals surface area contributed by atoms with Gasteiger partial charge in [0, 0.05) is 19.0 Å². The predicted molar refractivity (Wildman–Crippen MR) is 70.1 cm³/mol. The van der Waals surface area contributed by atoms with Crippen molar-refractivity contribution in [3.05, 3.63) is 0 Å². The van der Waals surface area contributed by atoms with Crippen molar-refractivity contribution in [1.82, 2.24) is 4.90 Å². The molecule has 1 unspecified atom stereocenters. The number of hydrogen-bond acceptors (Lipinski definition) is 3. The first-order chi connectivity index (χ1) is 7.65. The third kappa shape index (κ3) is 4.40. The lowest BCUT2D eigenvalue weighted by atomic mass is 9.97. The van der Waals surface area contributed by atoms with Crippen molar-refractivity contribution in [3.8, 4) is 0 Å². The Morgan fingerprint density at radius 2 is 1.71 bits per heavy atom. The summed E-state index contributed by atoms with van der Waals surface area (Å²) in [5.74, 6) is 0.519. The van der Waals surface area contributed by atoms with Crippen LogP contribution < -0.4 is 0 Å². The van der Waals surface area contributed by atoms with E-state index in [1.807, 2.05) is 6.92 Å². The molecule has 0 spiro atoms. The molecule has 1 aliphatic heterocycles. The molecule has 0 aromatic heterocycles. The van der Waals surface area contributed by atoms with E-state index >= 15 is 0 Å². The van der Waals surface area contributed by atoms with Crippen LogP contribution in [-0.2, 0) is 9.53 Å². The molecule has 0 amide bonds. The second-order valence-electron chi connectivity index (χ2n) is 6.54. The predicted octanol–water partition coefficient (Wildman–Crippen LogP) is 2.49. The number of rotatable bonds is 4. The molecule has 1 fully saturated rings. The highest BCUT2D eigenvalue weighted by atomic mass is 16.5. The molecule has 0 aromatic rings. The quantitative estimate of drug-likeness (QED) is 0.757. The van der Waals surface area contributed by atoms with Gasteiger partial charge < -0.3 is 4.74 Å². The lowest BCUT2D eigenvalue weighted by Crippen LogP contribution is -2.58. The number of morpholine rings is 1. The number of carbonyl (C=O) groups excluding carboxylic acids is 1. The summed E-state index contributed by atoms with van der Waals surface area (Å²) in [5.41, 5.74) is -0.338. The summed E-state index contributed by atoms with van der Waals surface area (Å²) >= 11 is 0. The monoisotopic (exact) mass is 241 g/mol. The van der Waals surface area contributed by atoms with Crippen LogP contribution in [0.4, 0.5) is 0 Å². The van der Waals surface area contributed by atoms with Gasteiger partial charge in [0.25, 0.3) is 0 Å². The average molecular weight is 241 g/mol. The van der Waals surface area contributed by atoms with Gasteiger partial charge in [-0.3, -0.25) is 9.69 Å². The Morgan fingerprint density at radius 3 is 2.12 bits per heavy atom. The summed E-state index contributed by atoms with van der Waals surface area (Å²) in [6, 6.07) is 0. The fourth-order valence-corrected chi connectivity index (χ4v) is 2.66. The number of carbonyl (C=O) groups is 1. The Kier molecular flexibility index (Phi) is 4.37. The largest absolute Gasteiger partial charge is 0.367 e. The van der Waals surface area contributed by atoms with Crippen molar-refractivity contribution in [2.75, 3.05) is 19.6 Å². The number of ether oxygens (including phenoxy) is 1. The molecule has 1 saturated heterocycles. The van der Waals surface area contributed by atoms with E-state index in [0.29, 0.717) is 12.3 Å². The minimum atomic E-state index is -0.169. The normalized spacial score (nSPS) is 25.5. The zero-order valence-corrected chi connectivity index (χ0v) is 12.2. The molecule has 0 aliphatic carbocycles. The van der Waals surface area contributed by atoms with Crippen molar-refractivity contribution in [3.63, 3.8) is 0 Å². The topological polar surface area (TPSA) is 29.5 Å². The third-order valence-electron chi connectivity index (χ3n) is 3.30. The van der Waals surface area contributed by atoms with Crippen LogP contribution in [0.15, 0.2) is 0 Å². The van der Waals surface area contributed by atoms with Crippen LogP contribution in [0.5, 0.6) is 0 Å². The molecule has 3 nitrogen and oxygen atoms in total. The number of Topliss-reactive ketones (excluding diaryl/α,β-unsaturated/α-hetero) is 1. The van der Waals surface area contributed by atoms with E-state index in [9.17, 15) is 4.79 Å². The molecule has 1 atom stereocenters. The molecule has 1 heterocycles. The van der Waals surface area contributed by atoms with Crippen LogP contribution in [0.2, 0.25) is 0 Å². The lowest BCUT2D eigenvalue weighted by Gasteiger charge is -2.47. The zero-order valence-electron chi connectivity index (χ0n) is 12.2. The lowest BCUT2D eigenvalue weighted by molar-refractivity contribution is -0.181. The summed E-state index contributed by atoms with van der Waals surface area (Å²) in [7, 11) is 0. The maximum atomic E-state index is 12.0. The van der Waals surface area contributed by atoms with Gasteiger partial charge in [-0.05, 0) is 34.1 Å². The summed E-state index contributed by atoms with van der Waals surface area (Å²) < 4.78 is 6.01. The van der Waals surface area contributed by atoms with Crippen molar-refractivity contribution < 1.29 is 9.53 Å². The van der Waals surface area contributed by atoms with Gasteiger partial charge in [-0.2, -0.15) is 0 Å². The molecule has 0 bridgehead atoms. The number of hydrogen-bond donors (Lipinski definition) is 0. The Morgan fingerprint density at radius 1 is 1.24 bits per heavy atom. The van der Waals surface area contributed by atoms with Crippen LogP contribution in [-0.4, -0.2) is 41.5 Å². The smallest absolute Gasteiger partial charge is 0.149 e. The van der Waals surface area contributed by atoms with E-state index in [1.165, 1.54) is 0 Å². The molecule has 0 N–H and O–H groups in total. The highest BCUT2D eigenvalue weighted by Gasteiger charge is 2.38. The molecule has 0 radical (unpaired) electrons. The second kappa shape index (κ2) is 5.07. The molecule has 0 saturated carbocycles. The fraction of sp³-hybridized carbons (Fsp3) is 0.929. The minimum Gasteiger partial charge on any atom is -0.367 e. The van der Waals surface area contributed by atoms with Gasteiger partial charge in [-0.25, -0.2) is 0 Å². The molecule has 17 heavy (non-hydrogen) atoms. The minimum absolute atomic E-state index is 0.169. The van der Waals surface area contributed by atoms with Crippen LogP contribution in [0.3, 0.4) is 0 Å². The van der Waals surface area contributed by atoms with Crippen LogP contribution in [0.25, 0.3) is 0 Å². The first-order valence-electron chi connectivity index (χ1n) is 6.60. The first kappa shape index (κ1) is 14.7. The Bertz CT molecular complexity index is 268. The van der Waals surface area contributed by atoms with Gasteiger partial charge >= 0.3 is 0 Å². The van der Waals surface area contributed by atoms with Crippen molar-refractivity contribution >= 4 is 5.78 Å². The average Bonchev–Trinajstić information content (AvgIpc) is 2.11.